The number of rotatable bonds is 6. The molecule has 0 spiro atoms. The molecule has 0 bridgehead atoms. The highest BCUT2D eigenvalue weighted by molar-refractivity contribution is 7.14. The minimum Gasteiger partial charge on any atom is -0.507 e. The molecular weight excluding hydrogens is 460 g/mol. The van der Waals surface area contributed by atoms with Gasteiger partial charge in [-0.1, -0.05) is 54.6 Å². The molecule has 6 nitrogen and oxygen atoms in total. The average molecular weight is 483 g/mol. The smallest absolute Gasteiger partial charge is 0.301 e. The number of aryl methyl sites for hydroxylation is 1. The Bertz CT molecular complexity index is 1400. The van der Waals surface area contributed by atoms with E-state index in [1.165, 1.54) is 16.2 Å². The Kier molecular flexibility index (Phi) is 6.16. The second-order valence-electron chi connectivity index (χ2n) is 8.13. The first kappa shape index (κ1) is 22.6. The van der Waals surface area contributed by atoms with Gasteiger partial charge in [-0.15, -0.1) is 11.3 Å². The molecule has 1 amide bonds. The summed E-state index contributed by atoms with van der Waals surface area (Å²) in [5.74, 6) is -1.06. The van der Waals surface area contributed by atoms with E-state index in [0.29, 0.717) is 28.6 Å². The van der Waals surface area contributed by atoms with Crippen molar-refractivity contribution in [3.63, 3.8) is 0 Å². The lowest BCUT2D eigenvalue weighted by Gasteiger charge is -2.22. The quantitative estimate of drug-likeness (QED) is 0.218. The van der Waals surface area contributed by atoms with E-state index in [0.717, 1.165) is 11.1 Å². The molecule has 1 atom stereocenters. The molecule has 4 aromatic rings. The Labute approximate surface area is 206 Å². The van der Waals surface area contributed by atoms with Gasteiger partial charge in [-0.3, -0.25) is 14.5 Å². The van der Waals surface area contributed by atoms with Gasteiger partial charge in [0.25, 0.3) is 5.78 Å². The SMILES string of the molecule is Cc1ccccc1COc1ccc(/C(O)=C2\C(=O)C(=O)N(c3nccs3)C2c2ccccc2)cc1. The Morgan fingerprint density at radius 2 is 1.71 bits per heavy atom. The van der Waals surface area contributed by atoms with Gasteiger partial charge in [-0.05, 0) is 47.9 Å². The van der Waals surface area contributed by atoms with Crippen LogP contribution in [-0.2, 0) is 16.2 Å². The summed E-state index contributed by atoms with van der Waals surface area (Å²) in [5.41, 5.74) is 3.40. The highest BCUT2D eigenvalue weighted by Crippen LogP contribution is 2.42. The van der Waals surface area contributed by atoms with Crippen LogP contribution < -0.4 is 9.64 Å². The van der Waals surface area contributed by atoms with Gasteiger partial charge in [0, 0.05) is 17.1 Å². The molecule has 1 aromatic heterocycles. The summed E-state index contributed by atoms with van der Waals surface area (Å²) in [6.07, 6.45) is 1.58. The molecule has 0 aliphatic carbocycles. The molecule has 0 radical (unpaired) electrons. The summed E-state index contributed by atoms with van der Waals surface area (Å²) in [4.78, 5) is 31.7. The summed E-state index contributed by atoms with van der Waals surface area (Å²) < 4.78 is 5.89. The molecule has 35 heavy (non-hydrogen) atoms. The van der Waals surface area contributed by atoms with Crippen molar-refractivity contribution in [2.24, 2.45) is 0 Å². The predicted octanol–water partition coefficient (Wildman–Crippen LogP) is 5.66. The predicted molar refractivity (Wildman–Crippen MR) is 135 cm³/mol. The van der Waals surface area contributed by atoms with E-state index in [9.17, 15) is 14.7 Å². The molecule has 1 aliphatic rings. The Morgan fingerprint density at radius 1 is 1.00 bits per heavy atom. The topological polar surface area (TPSA) is 79.7 Å². The summed E-state index contributed by atoms with van der Waals surface area (Å²) in [6, 6.07) is 23.2. The molecule has 0 saturated carbocycles. The first-order chi connectivity index (χ1) is 17.0. The molecule has 1 aliphatic heterocycles. The molecule has 7 heteroatoms. The molecular formula is C28H22N2O4S. The first-order valence-electron chi connectivity index (χ1n) is 11.1. The Morgan fingerprint density at radius 3 is 2.40 bits per heavy atom. The number of hydrogen-bond acceptors (Lipinski definition) is 6. The maximum absolute atomic E-state index is 13.1. The second-order valence-corrected chi connectivity index (χ2v) is 9.01. The summed E-state index contributed by atoms with van der Waals surface area (Å²) in [5, 5.41) is 13.4. The van der Waals surface area contributed by atoms with Crippen LogP contribution in [0.2, 0.25) is 0 Å². The minimum absolute atomic E-state index is 0.0324. The van der Waals surface area contributed by atoms with Crippen molar-refractivity contribution in [2.45, 2.75) is 19.6 Å². The molecule has 174 valence electrons. The average Bonchev–Trinajstić information content (AvgIpc) is 3.51. The molecule has 5 rings (SSSR count). The molecule has 1 saturated heterocycles. The van der Waals surface area contributed by atoms with Crippen LogP contribution in [0.1, 0.15) is 28.3 Å². The highest BCUT2D eigenvalue weighted by atomic mass is 32.1. The van der Waals surface area contributed by atoms with Gasteiger partial charge in [0.15, 0.2) is 5.13 Å². The molecule has 1 fully saturated rings. The van der Waals surface area contributed by atoms with Crippen LogP contribution in [0.25, 0.3) is 5.76 Å². The summed E-state index contributed by atoms with van der Waals surface area (Å²) in [6.45, 7) is 2.45. The number of ketones is 1. The molecule has 3 aromatic carbocycles. The van der Waals surface area contributed by atoms with Crippen LogP contribution >= 0.6 is 11.3 Å². The Balaban J connectivity index is 1.48. The van der Waals surface area contributed by atoms with Gasteiger partial charge < -0.3 is 9.84 Å². The van der Waals surface area contributed by atoms with Crippen molar-refractivity contribution in [1.82, 2.24) is 4.98 Å². The number of aliphatic hydroxyl groups is 1. The van der Waals surface area contributed by atoms with Crippen molar-refractivity contribution < 1.29 is 19.4 Å². The van der Waals surface area contributed by atoms with E-state index in [1.807, 2.05) is 61.5 Å². The maximum Gasteiger partial charge on any atom is 0.301 e. The van der Waals surface area contributed by atoms with E-state index < -0.39 is 17.7 Å². The van der Waals surface area contributed by atoms with Gasteiger partial charge in [-0.25, -0.2) is 4.98 Å². The number of thiazole rings is 1. The highest BCUT2D eigenvalue weighted by Gasteiger charge is 2.47. The molecule has 2 heterocycles. The lowest BCUT2D eigenvalue weighted by molar-refractivity contribution is -0.132. The standard InChI is InChI=1S/C28H22N2O4S/c1-18-7-5-6-10-21(18)17-34-22-13-11-20(12-14-22)25(31)23-24(19-8-3-2-4-9-19)30(27(33)26(23)32)28-29-15-16-35-28/h2-16,24,31H,17H2,1H3/b25-23+. The third kappa shape index (κ3) is 4.34. The Hall–Kier alpha value is -4.23. The number of hydrogen-bond donors (Lipinski definition) is 1. The third-order valence-electron chi connectivity index (χ3n) is 5.97. The number of amides is 1. The number of benzene rings is 3. The van der Waals surface area contributed by atoms with Crippen molar-refractivity contribution in [1.29, 1.82) is 0 Å². The fourth-order valence-electron chi connectivity index (χ4n) is 4.11. The van der Waals surface area contributed by atoms with Gasteiger partial charge >= 0.3 is 5.91 Å². The third-order valence-corrected chi connectivity index (χ3v) is 6.74. The van der Waals surface area contributed by atoms with Gasteiger partial charge in [0.2, 0.25) is 0 Å². The van der Waals surface area contributed by atoms with E-state index in [1.54, 1.807) is 35.8 Å². The lowest BCUT2D eigenvalue weighted by Crippen LogP contribution is -2.29. The monoisotopic (exact) mass is 482 g/mol. The number of ether oxygens (including phenoxy) is 1. The van der Waals surface area contributed by atoms with Crippen molar-refractivity contribution in [2.75, 3.05) is 4.90 Å². The zero-order chi connectivity index (χ0) is 24.4. The fourth-order valence-corrected chi connectivity index (χ4v) is 4.78. The lowest BCUT2D eigenvalue weighted by atomic mass is 9.95. The van der Waals surface area contributed by atoms with Gasteiger partial charge in [-0.2, -0.15) is 0 Å². The van der Waals surface area contributed by atoms with E-state index in [2.05, 4.69) is 4.98 Å². The molecule has 1 N–H and O–H groups in total. The first-order valence-corrected chi connectivity index (χ1v) is 12.0. The fraction of sp³-hybridized carbons (Fsp3) is 0.107. The van der Waals surface area contributed by atoms with Crippen molar-refractivity contribution >= 4 is 33.9 Å². The maximum atomic E-state index is 13.1. The number of carbonyl (C=O) groups excluding carboxylic acids is 2. The summed E-state index contributed by atoms with van der Waals surface area (Å²) in [7, 11) is 0. The number of aliphatic hydroxyl groups excluding tert-OH is 1. The van der Waals surface area contributed by atoms with Gasteiger partial charge in [0.05, 0.1) is 11.6 Å². The van der Waals surface area contributed by atoms with Crippen LogP contribution in [0.15, 0.2) is 96.0 Å². The van der Waals surface area contributed by atoms with Gasteiger partial charge in [0.1, 0.15) is 18.1 Å². The normalized spacial score (nSPS) is 17.1. The molecule has 1 unspecified atom stereocenters. The minimum atomic E-state index is -0.778. The van der Waals surface area contributed by atoms with Crippen LogP contribution in [0.4, 0.5) is 5.13 Å². The zero-order valence-corrected chi connectivity index (χ0v) is 19.7. The van der Waals surface area contributed by atoms with Crippen molar-refractivity contribution in [3.05, 3.63) is 118 Å². The van der Waals surface area contributed by atoms with Crippen LogP contribution in [0.3, 0.4) is 0 Å². The zero-order valence-electron chi connectivity index (χ0n) is 18.9. The number of aromatic nitrogens is 1. The number of nitrogens with zero attached hydrogens (tertiary/aromatic N) is 2. The second kappa shape index (κ2) is 9.56. The number of Topliss-reactive ketones (excluding diaryl/α,β-unsaturated/α-hetero) is 1. The van der Waals surface area contributed by atoms with Crippen LogP contribution in [0.5, 0.6) is 5.75 Å². The summed E-state index contributed by atoms with van der Waals surface area (Å²) >= 11 is 1.26. The van der Waals surface area contributed by atoms with Crippen LogP contribution in [-0.4, -0.2) is 21.8 Å². The van der Waals surface area contributed by atoms with E-state index in [4.69, 9.17) is 4.74 Å². The van der Waals surface area contributed by atoms with E-state index >= 15 is 0 Å². The number of anilines is 1. The number of carbonyl (C=O) groups is 2. The largest absolute Gasteiger partial charge is 0.507 e. The van der Waals surface area contributed by atoms with Crippen LogP contribution in [0, 0.1) is 6.92 Å². The van der Waals surface area contributed by atoms with E-state index in [-0.39, 0.29) is 11.3 Å². The van der Waals surface area contributed by atoms with Crippen molar-refractivity contribution in [3.8, 4) is 5.75 Å².